The Hall–Kier alpha value is -4.34. The third kappa shape index (κ3) is 5.17. The summed E-state index contributed by atoms with van der Waals surface area (Å²) < 4.78 is 62.5. The maximum absolute atomic E-state index is 15.2. The van der Waals surface area contributed by atoms with E-state index in [-0.39, 0.29) is 22.4 Å². The number of hydrogen-bond acceptors (Lipinski definition) is 8. The Morgan fingerprint density at radius 2 is 1.92 bits per heavy atom. The predicted molar refractivity (Wildman–Crippen MR) is 129 cm³/mol. The quantitative estimate of drug-likeness (QED) is 0.375. The Morgan fingerprint density at radius 3 is 2.64 bits per heavy atom. The minimum absolute atomic E-state index is 0.0115. The molecule has 0 saturated heterocycles. The molecule has 0 saturated carbocycles. The Kier molecular flexibility index (Phi) is 6.96. The zero-order valence-electron chi connectivity index (χ0n) is 18.3. The van der Waals surface area contributed by atoms with E-state index < -0.39 is 37.8 Å². The number of nitrogens with one attached hydrogen (secondary N) is 1. The van der Waals surface area contributed by atoms with E-state index in [1.165, 1.54) is 25.7 Å². The minimum atomic E-state index is -4.42. The molecule has 0 aliphatic heterocycles. The number of pyridine rings is 2. The smallest absolute Gasteiger partial charge is 0.267 e. The third-order valence-corrected chi connectivity index (χ3v) is 6.23. The van der Waals surface area contributed by atoms with Crippen LogP contribution in [0, 0.1) is 23.5 Å². The van der Waals surface area contributed by atoms with Gasteiger partial charge in [0.05, 0.1) is 34.6 Å². The van der Waals surface area contributed by atoms with E-state index in [2.05, 4.69) is 31.8 Å². The number of hydrogen-bond donors (Lipinski definition) is 2. The van der Waals surface area contributed by atoms with Crippen molar-refractivity contribution in [3.05, 3.63) is 82.9 Å². The van der Waals surface area contributed by atoms with Crippen molar-refractivity contribution in [1.29, 1.82) is 0 Å². The van der Waals surface area contributed by atoms with Gasteiger partial charge in [-0.25, -0.2) is 32.2 Å². The van der Waals surface area contributed by atoms with E-state index in [1.807, 2.05) is 4.72 Å². The number of ether oxygens (including phenoxy) is 1. The van der Waals surface area contributed by atoms with E-state index >= 15 is 4.39 Å². The number of benzene rings is 1. The van der Waals surface area contributed by atoms with E-state index in [1.54, 1.807) is 18.3 Å². The normalized spacial score (nSPS) is 10.9. The maximum Gasteiger partial charge on any atom is 0.267 e. The highest BCUT2D eigenvalue weighted by Crippen LogP contribution is 2.29. The molecule has 0 aliphatic rings. The van der Waals surface area contributed by atoms with Crippen LogP contribution < -0.4 is 15.2 Å². The largest absolute Gasteiger partial charge is 0.480 e. The molecule has 0 aliphatic carbocycles. The highest BCUT2D eigenvalue weighted by atomic mass is 35.5. The van der Waals surface area contributed by atoms with Crippen LogP contribution in [-0.2, 0) is 10.0 Å². The van der Waals surface area contributed by atoms with Gasteiger partial charge in [-0.05, 0) is 30.3 Å². The van der Waals surface area contributed by atoms with Crippen molar-refractivity contribution in [2.45, 2.75) is 4.90 Å². The van der Waals surface area contributed by atoms with Crippen molar-refractivity contribution >= 4 is 33.3 Å². The number of methoxy groups -OCH3 is 1. The molecule has 0 radical (unpaired) electrons. The predicted octanol–water partition coefficient (Wildman–Crippen LogP) is 3.66. The van der Waals surface area contributed by atoms with Gasteiger partial charge in [-0.2, -0.15) is 0 Å². The number of nitrogen functional groups attached to an aromatic ring is 1. The van der Waals surface area contributed by atoms with E-state index in [9.17, 15) is 12.8 Å². The molecule has 3 heterocycles. The molecule has 0 amide bonds. The second-order valence-electron chi connectivity index (χ2n) is 7.03. The fraction of sp³-hybridized carbons (Fsp3) is 0.0435. The molecule has 0 bridgehead atoms. The summed E-state index contributed by atoms with van der Waals surface area (Å²) in [6.07, 6.45) is 5.57. The van der Waals surface area contributed by atoms with Crippen molar-refractivity contribution in [3.63, 3.8) is 0 Å². The molecule has 4 rings (SSSR count). The Morgan fingerprint density at radius 1 is 1.11 bits per heavy atom. The summed E-state index contributed by atoms with van der Waals surface area (Å²) in [4.78, 5) is 15.4. The van der Waals surface area contributed by atoms with Crippen LogP contribution in [0.1, 0.15) is 11.1 Å². The van der Waals surface area contributed by atoms with Crippen LogP contribution in [0.15, 0.2) is 60.0 Å². The number of sulfonamides is 1. The number of anilines is 2. The molecule has 3 N–H and O–H groups in total. The van der Waals surface area contributed by atoms with E-state index in [4.69, 9.17) is 22.1 Å². The summed E-state index contributed by atoms with van der Waals surface area (Å²) in [5.74, 6) is 2.47. The van der Waals surface area contributed by atoms with Gasteiger partial charge >= 0.3 is 0 Å². The monoisotopic (exact) mass is 528 g/mol. The van der Waals surface area contributed by atoms with Crippen LogP contribution in [0.2, 0.25) is 5.02 Å². The van der Waals surface area contributed by atoms with Crippen molar-refractivity contribution in [1.82, 2.24) is 19.9 Å². The lowest BCUT2D eigenvalue weighted by Gasteiger charge is -2.12. The highest BCUT2D eigenvalue weighted by Gasteiger charge is 2.24. The Balaban J connectivity index is 1.75. The van der Waals surface area contributed by atoms with Gasteiger partial charge < -0.3 is 10.5 Å². The molecule has 0 atom stereocenters. The van der Waals surface area contributed by atoms with Crippen LogP contribution in [0.3, 0.4) is 0 Å². The van der Waals surface area contributed by atoms with Crippen molar-refractivity contribution in [2.24, 2.45) is 0 Å². The van der Waals surface area contributed by atoms with Crippen LogP contribution in [0.4, 0.5) is 20.4 Å². The molecule has 0 spiro atoms. The Labute approximate surface area is 209 Å². The number of nitrogens with zero attached hydrogens (tertiary/aromatic N) is 4. The number of aromatic nitrogens is 4. The summed E-state index contributed by atoms with van der Waals surface area (Å²) in [6, 6.07) is 6.25. The molecule has 4 aromatic rings. The van der Waals surface area contributed by atoms with E-state index in [0.29, 0.717) is 11.3 Å². The van der Waals surface area contributed by atoms with Gasteiger partial charge in [0, 0.05) is 30.4 Å². The summed E-state index contributed by atoms with van der Waals surface area (Å²) in [6.45, 7) is 0. The van der Waals surface area contributed by atoms with Gasteiger partial charge in [-0.1, -0.05) is 23.4 Å². The minimum Gasteiger partial charge on any atom is -0.480 e. The van der Waals surface area contributed by atoms with Gasteiger partial charge in [0.25, 0.3) is 10.0 Å². The second kappa shape index (κ2) is 10.1. The average molecular weight is 529 g/mol. The molecule has 9 nitrogen and oxygen atoms in total. The van der Waals surface area contributed by atoms with Gasteiger partial charge in [0.1, 0.15) is 5.82 Å². The first-order valence-electron chi connectivity index (χ1n) is 9.95. The van der Waals surface area contributed by atoms with Crippen LogP contribution in [0.25, 0.3) is 11.3 Å². The van der Waals surface area contributed by atoms with Gasteiger partial charge in [0.15, 0.2) is 10.7 Å². The first-order valence-corrected chi connectivity index (χ1v) is 11.8. The summed E-state index contributed by atoms with van der Waals surface area (Å²) in [7, 11) is -3.21. The number of rotatable bonds is 5. The molecule has 182 valence electrons. The molecule has 0 unspecified atom stereocenters. The van der Waals surface area contributed by atoms with Crippen LogP contribution >= 0.6 is 11.6 Å². The van der Waals surface area contributed by atoms with Crippen molar-refractivity contribution in [3.8, 4) is 29.0 Å². The topological polar surface area (TPSA) is 133 Å². The van der Waals surface area contributed by atoms with Crippen molar-refractivity contribution < 1.29 is 21.9 Å². The van der Waals surface area contributed by atoms with Gasteiger partial charge in [-0.3, -0.25) is 9.71 Å². The van der Waals surface area contributed by atoms with Crippen LogP contribution in [-0.4, -0.2) is 35.5 Å². The lowest BCUT2D eigenvalue weighted by atomic mass is 10.1. The molecule has 3 aromatic heterocycles. The second-order valence-corrected chi connectivity index (χ2v) is 9.12. The standard InChI is InChI=1S/C23H15ClF2N6O3S/c1-35-22-19(9-15(24)12-29-22)36(33,34)32-18-7-6-17(25)16(20(18)26)5-4-14-11-30-23(27)31-21(14)13-3-2-8-28-10-13/h2-3,6-12,32H,1H3,(H2,27,30,31). The zero-order chi connectivity index (χ0) is 25.9. The number of halogens is 3. The molecule has 1 aromatic carbocycles. The summed E-state index contributed by atoms with van der Waals surface area (Å²) >= 11 is 5.85. The lowest BCUT2D eigenvalue weighted by molar-refractivity contribution is 0.385. The third-order valence-electron chi connectivity index (χ3n) is 4.67. The lowest BCUT2D eigenvalue weighted by Crippen LogP contribution is -2.16. The zero-order valence-corrected chi connectivity index (χ0v) is 19.9. The molecular weight excluding hydrogens is 514 g/mol. The average Bonchev–Trinajstić information content (AvgIpc) is 2.87. The van der Waals surface area contributed by atoms with Crippen LogP contribution in [0.5, 0.6) is 5.88 Å². The van der Waals surface area contributed by atoms with E-state index in [0.717, 1.165) is 18.2 Å². The fourth-order valence-electron chi connectivity index (χ4n) is 3.04. The maximum atomic E-state index is 15.2. The molecule has 13 heteroatoms. The summed E-state index contributed by atoms with van der Waals surface area (Å²) in [5, 5.41) is 0.0115. The van der Waals surface area contributed by atoms with Crippen molar-refractivity contribution in [2.75, 3.05) is 17.6 Å². The SMILES string of the molecule is COc1ncc(Cl)cc1S(=O)(=O)Nc1ccc(F)c(C#Cc2cnc(N)nc2-c2cccnc2)c1F. The first kappa shape index (κ1) is 24.8. The molecule has 36 heavy (non-hydrogen) atoms. The van der Waals surface area contributed by atoms with Gasteiger partial charge in [0.2, 0.25) is 11.8 Å². The fourth-order valence-corrected chi connectivity index (χ4v) is 4.47. The number of nitrogens with two attached hydrogens (primary N) is 1. The summed E-state index contributed by atoms with van der Waals surface area (Å²) in [5.41, 5.74) is 5.53. The van der Waals surface area contributed by atoms with Gasteiger partial charge in [-0.15, -0.1) is 0 Å². The first-order chi connectivity index (χ1) is 17.2. The molecule has 0 fully saturated rings. The molecular formula is C23H15ClF2N6O3S. The Bertz CT molecular complexity index is 1630. The highest BCUT2D eigenvalue weighted by molar-refractivity contribution is 7.92.